The van der Waals surface area contributed by atoms with E-state index in [1.807, 2.05) is 0 Å². The van der Waals surface area contributed by atoms with Gasteiger partial charge in [0, 0.05) is 6.54 Å². The van der Waals surface area contributed by atoms with Gasteiger partial charge in [0.2, 0.25) is 0 Å². The molecule has 0 saturated heterocycles. The fourth-order valence-electron chi connectivity index (χ4n) is 3.32. The molecule has 0 radical (unpaired) electrons. The summed E-state index contributed by atoms with van der Waals surface area (Å²) >= 11 is 11.7. The zero-order valence-corrected chi connectivity index (χ0v) is 14.0. The molecule has 0 aromatic carbocycles. The molecule has 0 unspecified atom stereocenters. The Morgan fingerprint density at radius 2 is 2.00 bits per heavy atom. The van der Waals surface area contributed by atoms with E-state index in [0.29, 0.717) is 12.5 Å². The topological polar surface area (TPSA) is 54.9 Å². The average Bonchev–Trinajstić information content (AvgIpc) is 2.87. The molecule has 1 aromatic rings. The summed E-state index contributed by atoms with van der Waals surface area (Å²) in [4.78, 5) is 12.3. The third-order valence-corrected chi connectivity index (χ3v) is 4.56. The molecule has 1 heterocycles. The Bertz CT molecular complexity index is 514. The highest BCUT2D eigenvalue weighted by Gasteiger charge is 2.34. The molecule has 116 valence electrons. The zero-order chi connectivity index (χ0) is 15.5. The molecule has 4 nitrogen and oxygen atoms in total. The minimum Gasteiger partial charge on any atom is -0.351 e. The zero-order valence-electron chi connectivity index (χ0n) is 12.5. The van der Waals surface area contributed by atoms with Gasteiger partial charge in [0.05, 0.1) is 5.56 Å². The number of nitrogens with zero attached hydrogens (tertiary/aromatic N) is 2. The van der Waals surface area contributed by atoms with Crippen molar-refractivity contribution in [2.75, 3.05) is 6.54 Å². The highest BCUT2D eigenvalue weighted by molar-refractivity contribution is 6.34. The van der Waals surface area contributed by atoms with Crippen LogP contribution in [-0.4, -0.2) is 22.6 Å². The van der Waals surface area contributed by atoms with Crippen LogP contribution in [0.4, 0.5) is 0 Å². The summed E-state index contributed by atoms with van der Waals surface area (Å²) in [5.74, 6) is 0.396. The Balaban J connectivity index is 2.03. The molecule has 1 fully saturated rings. The van der Waals surface area contributed by atoms with E-state index in [9.17, 15) is 4.79 Å². The Labute approximate surface area is 135 Å². The normalized spacial score (nSPS) is 17.2. The van der Waals surface area contributed by atoms with Crippen molar-refractivity contribution < 1.29 is 4.79 Å². The Kier molecular flexibility index (Phi) is 5.44. The van der Waals surface area contributed by atoms with Gasteiger partial charge in [-0.05, 0) is 36.7 Å². The summed E-state index contributed by atoms with van der Waals surface area (Å²) in [6.07, 6.45) is 5.97. The van der Waals surface area contributed by atoms with Gasteiger partial charge in [-0.3, -0.25) is 4.79 Å². The maximum absolute atomic E-state index is 12.3. The van der Waals surface area contributed by atoms with Crippen LogP contribution in [0, 0.1) is 11.3 Å². The number of carbonyl (C=O) groups excluding carboxylic acids is 1. The van der Waals surface area contributed by atoms with Crippen molar-refractivity contribution in [3.63, 3.8) is 0 Å². The molecule has 0 spiro atoms. The van der Waals surface area contributed by atoms with E-state index >= 15 is 0 Å². The molecular weight excluding hydrogens is 309 g/mol. The second-order valence-electron chi connectivity index (χ2n) is 6.36. The quantitative estimate of drug-likeness (QED) is 0.883. The van der Waals surface area contributed by atoms with Gasteiger partial charge < -0.3 is 5.32 Å². The van der Waals surface area contributed by atoms with Crippen molar-refractivity contribution in [2.45, 2.75) is 46.0 Å². The van der Waals surface area contributed by atoms with E-state index in [0.717, 1.165) is 6.42 Å². The van der Waals surface area contributed by atoms with Crippen molar-refractivity contribution in [1.82, 2.24) is 15.5 Å². The van der Waals surface area contributed by atoms with Crippen LogP contribution in [0.15, 0.2) is 6.07 Å². The molecule has 1 saturated carbocycles. The Hall–Kier alpha value is -0.870. The number of rotatable bonds is 5. The second kappa shape index (κ2) is 6.93. The van der Waals surface area contributed by atoms with Gasteiger partial charge in [-0.1, -0.05) is 49.9 Å². The number of amides is 1. The first-order chi connectivity index (χ1) is 9.92. The van der Waals surface area contributed by atoms with Crippen LogP contribution in [0.25, 0.3) is 0 Å². The van der Waals surface area contributed by atoms with Crippen molar-refractivity contribution in [2.24, 2.45) is 11.3 Å². The lowest BCUT2D eigenvalue weighted by molar-refractivity contribution is 0.0921. The van der Waals surface area contributed by atoms with Gasteiger partial charge in [-0.15, -0.1) is 10.2 Å². The molecule has 0 aliphatic heterocycles. The molecule has 1 amide bonds. The molecule has 1 aliphatic carbocycles. The lowest BCUT2D eigenvalue weighted by atomic mass is 9.78. The van der Waals surface area contributed by atoms with Gasteiger partial charge in [-0.25, -0.2) is 0 Å². The lowest BCUT2D eigenvalue weighted by Crippen LogP contribution is -2.37. The van der Waals surface area contributed by atoms with Crippen LogP contribution in [0.1, 0.15) is 56.3 Å². The van der Waals surface area contributed by atoms with Gasteiger partial charge in [0.1, 0.15) is 0 Å². The highest BCUT2D eigenvalue weighted by atomic mass is 35.5. The van der Waals surface area contributed by atoms with Gasteiger partial charge in [0.25, 0.3) is 5.91 Å². The van der Waals surface area contributed by atoms with Crippen molar-refractivity contribution in [1.29, 1.82) is 0 Å². The van der Waals surface area contributed by atoms with Crippen molar-refractivity contribution in [3.8, 4) is 0 Å². The predicted molar refractivity (Wildman–Crippen MR) is 84.7 cm³/mol. The van der Waals surface area contributed by atoms with E-state index < -0.39 is 0 Å². The van der Waals surface area contributed by atoms with Crippen LogP contribution < -0.4 is 5.32 Å². The summed E-state index contributed by atoms with van der Waals surface area (Å²) < 4.78 is 0. The molecule has 1 aromatic heterocycles. The first kappa shape index (κ1) is 16.5. The van der Waals surface area contributed by atoms with Crippen LogP contribution in [0.2, 0.25) is 10.3 Å². The molecule has 1 aliphatic rings. The van der Waals surface area contributed by atoms with E-state index in [2.05, 4.69) is 29.4 Å². The van der Waals surface area contributed by atoms with Gasteiger partial charge in [0.15, 0.2) is 10.3 Å². The first-order valence-electron chi connectivity index (χ1n) is 7.39. The minimum atomic E-state index is -0.230. The average molecular weight is 330 g/mol. The molecular formula is C15H21Cl2N3O. The second-order valence-corrected chi connectivity index (χ2v) is 7.10. The van der Waals surface area contributed by atoms with E-state index in [1.54, 1.807) is 0 Å². The van der Waals surface area contributed by atoms with Crippen molar-refractivity contribution >= 4 is 29.1 Å². The number of aromatic nitrogens is 2. The van der Waals surface area contributed by atoms with E-state index in [4.69, 9.17) is 23.2 Å². The summed E-state index contributed by atoms with van der Waals surface area (Å²) in [5.41, 5.74) is 0.509. The maximum Gasteiger partial charge on any atom is 0.254 e. The Morgan fingerprint density at radius 3 is 2.62 bits per heavy atom. The monoisotopic (exact) mass is 329 g/mol. The number of halogens is 2. The number of carbonyl (C=O) groups is 1. The smallest absolute Gasteiger partial charge is 0.254 e. The van der Waals surface area contributed by atoms with Crippen molar-refractivity contribution in [3.05, 3.63) is 21.9 Å². The fraction of sp³-hybridized carbons (Fsp3) is 0.667. The van der Waals surface area contributed by atoms with Gasteiger partial charge >= 0.3 is 0 Å². The summed E-state index contributed by atoms with van der Waals surface area (Å²) in [5, 5.41) is 10.5. The minimum absolute atomic E-state index is 0.0845. The molecule has 0 atom stereocenters. The third-order valence-electron chi connectivity index (χ3n) is 4.09. The molecule has 0 bridgehead atoms. The van der Waals surface area contributed by atoms with Crippen LogP contribution in [0.3, 0.4) is 0 Å². The molecule has 21 heavy (non-hydrogen) atoms. The first-order valence-corrected chi connectivity index (χ1v) is 8.14. The standard InChI is InChI=1S/C15H21Cl2N3O/c1-10(2)8-15(5-3-4-6-15)9-18-14(21)11-7-12(16)19-20-13(11)17/h7,10H,3-6,8-9H2,1-2H3,(H,18,21). The molecule has 2 rings (SSSR count). The SMILES string of the molecule is CC(C)CC1(CNC(=O)c2cc(Cl)nnc2Cl)CCCC1. The fourth-order valence-corrected chi connectivity index (χ4v) is 3.64. The van der Waals surface area contributed by atoms with Crippen LogP contribution >= 0.6 is 23.2 Å². The summed E-state index contributed by atoms with van der Waals surface area (Å²) in [6, 6.07) is 1.45. The molecule has 1 N–H and O–H groups in total. The van der Waals surface area contributed by atoms with Crippen LogP contribution in [-0.2, 0) is 0 Å². The van der Waals surface area contributed by atoms with Crippen LogP contribution in [0.5, 0.6) is 0 Å². The van der Waals surface area contributed by atoms with E-state index in [-0.39, 0.29) is 27.2 Å². The van der Waals surface area contributed by atoms with E-state index in [1.165, 1.54) is 31.7 Å². The highest BCUT2D eigenvalue weighted by Crippen LogP contribution is 2.42. The largest absolute Gasteiger partial charge is 0.351 e. The molecule has 6 heteroatoms. The predicted octanol–water partition coefficient (Wildman–Crippen LogP) is 4.12. The van der Waals surface area contributed by atoms with Gasteiger partial charge in [-0.2, -0.15) is 0 Å². The number of hydrogen-bond donors (Lipinski definition) is 1. The number of nitrogens with one attached hydrogen (secondary N) is 1. The number of hydrogen-bond acceptors (Lipinski definition) is 3. The third kappa shape index (κ3) is 4.30. The summed E-state index contributed by atoms with van der Waals surface area (Å²) in [6.45, 7) is 5.14. The lowest BCUT2D eigenvalue weighted by Gasteiger charge is -2.31. The maximum atomic E-state index is 12.3. The summed E-state index contributed by atoms with van der Waals surface area (Å²) in [7, 11) is 0. The Morgan fingerprint density at radius 1 is 1.33 bits per heavy atom.